The number of ether oxygens (including phenoxy) is 1. The molecule has 0 aromatic rings. The molecule has 1 fully saturated rings. The number of guanidine groups is 1. The molecular weight excluding hydrogens is 437 g/mol. The van der Waals surface area contributed by atoms with E-state index in [4.69, 9.17) is 10.5 Å². The van der Waals surface area contributed by atoms with Crippen molar-refractivity contribution in [3.05, 3.63) is 0 Å². The van der Waals surface area contributed by atoms with E-state index >= 15 is 0 Å². The Bertz CT molecular complexity index is 469. The predicted octanol–water partition coefficient (Wildman–Crippen LogP) is 1.39. The van der Waals surface area contributed by atoms with Crippen molar-refractivity contribution >= 4 is 41.9 Å². The molecule has 9 heteroatoms. The van der Waals surface area contributed by atoms with E-state index in [0.29, 0.717) is 45.1 Å². The lowest BCUT2D eigenvalue weighted by molar-refractivity contribution is -0.121. The number of rotatable bonds is 4. The van der Waals surface area contributed by atoms with Crippen LogP contribution in [0.15, 0.2) is 4.99 Å². The number of halogens is 1. The van der Waals surface area contributed by atoms with Gasteiger partial charge in [0, 0.05) is 38.6 Å². The standard InChI is InChI=1S/C16H31N5O3.HI/c1-12(2)19-13(22)6-7-18-14(17)20-8-10-21(11-9-20)15(23)24-16(3,4)5;/h12H,6-11H2,1-5H3,(H2,17,18)(H,19,22);1H. The number of carbonyl (C=O) groups is 2. The SMILES string of the molecule is CC(C)NC(=O)CCN=C(N)N1CCN(C(=O)OC(C)(C)C)CC1.I. The zero-order valence-corrected chi connectivity index (χ0v) is 18.2. The van der Waals surface area contributed by atoms with E-state index in [9.17, 15) is 9.59 Å². The molecule has 0 aromatic carbocycles. The zero-order chi connectivity index (χ0) is 18.3. The number of nitrogens with zero attached hydrogens (tertiary/aromatic N) is 3. The fraction of sp³-hybridized carbons (Fsp3) is 0.812. The van der Waals surface area contributed by atoms with Gasteiger partial charge in [-0.25, -0.2) is 4.79 Å². The van der Waals surface area contributed by atoms with Gasteiger partial charge in [0.15, 0.2) is 5.96 Å². The van der Waals surface area contributed by atoms with Gasteiger partial charge in [0.05, 0.1) is 6.54 Å². The first-order valence-corrected chi connectivity index (χ1v) is 8.40. The number of nitrogens with two attached hydrogens (primary N) is 1. The summed E-state index contributed by atoms with van der Waals surface area (Å²) in [6.45, 7) is 12.0. The quantitative estimate of drug-likeness (QED) is 0.368. The summed E-state index contributed by atoms with van der Waals surface area (Å²) in [5, 5.41) is 2.81. The highest BCUT2D eigenvalue weighted by Gasteiger charge is 2.26. The third-order valence-corrected chi connectivity index (χ3v) is 3.32. The van der Waals surface area contributed by atoms with E-state index in [0.717, 1.165) is 0 Å². The number of amides is 2. The molecule has 0 aliphatic carbocycles. The molecule has 146 valence electrons. The fourth-order valence-electron chi connectivity index (χ4n) is 2.21. The first-order chi connectivity index (χ1) is 11.1. The number of piperazine rings is 1. The lowest BCUT2D eigenvalue weighted by Gasteiger charge is -2.36. The summed E-state index contributed by atoms with van der Waals surface area (Å²) in [6.07, 6.45) is 0.0135. The normalized spacial score (nSPS) is 15.7. The monoisotopic (exact) mass is 469 g/mol. The summed E-state index contributed by atoms with van der Waals surface area (Å²) in [7, 11) is 0. The molecular formula is C16H32IN5O3. The molecule has 1 rings (SSSR count). The van der Waals surface area contributed by atoms with Gasteiger partial charge in [0.1, 0.15) is 5.60 Å². The molecule has 0 atom stereocenters. The lowest BCUT2D eigenvalue weighted by atomic mass is 10.2. The molecule has 2 amide bonds. The minimum atomic E-state index is -0.495. The molecule has 0 saturated carbocycles. The first-order valence-electron chi connectivity index (χ1n) is 8.40. The summed E-state index contributed by atoms with van der Waals surface area (Å²) < 4.78 is 5.36. The summed E-state index contributed by atoms with van der Waals surface area (Å²) in [6, 6.07) is 0.125. The molecule has 0 radical (unpaired) electrons. The van der Waals surface area contributed by atoms with Crippen molar-refractivity contribution in [2.75, 3.05) is 32.7 Å². The molecule has 25 heavy (non-hydrogen) atoms. The maximum absolute atomic E-state index is 12.0. The van der Waals surface area contributed by atoms with Gasteiger partial charge in [-0.1, -0.05) is 0 Å². The topological polar surface area (TPSA) is 100 Å². The third kappa shape index (κ3) is 9.71. The molecule has 0 spiro atoms. The molecule has 0 unspecified atom stereocenters. The Balaban J connectivity index is 0.00000576. The summed E-state index contributed by atoms with van der Waals surface area (Å²) in [4.78, 5) is 31.4. The second-order valence-corrected chi connectivity index (χ2v) is 7.17. The van der Waals surface area contributed by atoms with E-state index in [1.54, 1.807) is 4.90 Å². The second kappa shape index (κ2) is 10.7. The third-order valence-electron chi connectivity index (χ3n) is 3.32. The van der Waals surface area contributed by atoms with Crippen molar-refractivity contribution in [3.63, 3.8) is 0 Å². The van der Waals surface area contributed by atoms with Gasteiger partial charge >= 0.3 is 6.09 Å². The Morgan fingerprint density at radius 1 is 1.16 bits per heavy atom. The minimum Gasteiger partial charge on any atom is -0.444 e. The van der Waals surface area contributed by atoms with Crippen molar-refractivity contribution in [2.24, 2.45) is 10.7 Å². The van der Waals surface area contributed by atoms with Crippen molar-refractivity contribution in [2.45, 2.75) is 52.7 Å². The van der Waals surface area contributed by atoms with E-state index in [1.165, 1.54) is 0 Å². The number of aliphatic imine (C=N–C) groups is 1. The molecule has 8 nitrogen and oxygen atoms in total. The van der Waals surface area contributed by atoms with Gasteiger partial charge in [-0.15, -0.1) is 24.0 Å². The van der Waals surface area contributed by atoms with Crippen molar-refractivity contribution in [1.29, 1.82) is 0 Å². The smallest absolute Gasteiger partial charge is 0.410 e. The molecule has 0 aromatic heterocycles. The highest BCUT2D eigenvalue weighted by atomic mass is 127. The number of nitrogens with one attached hydrogen (secondary N) is 1. The van der Waals surface area contributed by atoms with Crippen molar-refractivity contribution in [3.8, 4) is 0 Å². The van der Waals surface area contributed by atoms with Crippen LogP contribution < -0.4 is 11.1 Å². The summed E-state index contributed by atoms with van der Waals surface area (Å²) in [5.74, 6) is 0.382. The van der Waals surface area contributed by atoms with E-state index in [1.807, 2.05) is 39.5 Å². The van der Waals surface area contributed by atoms with Crippen LogP contribution in [0.1, 0.15) is 41.0 Å². The van der Waals surface area contributed by atoms with Gasteiger partial charge in [-0.2, -0.15) is 0 Å². The fourth-order valence-corrected chi connectivity index (χ4v) is 2.21. The van der Waals surface area contributed by atoms with Crippen LogP contribution in [-0.4, -0.2) is 72.1 Å². The zero-order valence-electron chi connectivity index (χ0n) is 15.9. The molecule has 3 N–H and O–H groups in total. The van der Waals surface area contributed by atoms with Crippen LogP contribution in [0.2, 0.25) is 0 Å². The van der Waals surface area contributed by atoms with Crippen LogP contribution in [0.5, 0.6) is 0 Å². The average Bonchev–Trinajstić information content (AvgIpc) is 2.44. The van der Waals surface area contributed by atoms with Gasteiger partial charge < -0.3 is 25.6 Å². The minimum absolute atomic E-state index is 0. The Labute approximate surface area is 167 Å². The van der Waals surface area contributed by atoms with Crippen LogP contribution in [-0.2, 0) is 9.53 Å². The van der Waals surface area contributed by atoms with Crippen molar-refractivity contribution in [1.82, 2.24) is 15.1 Å². The highest BCUT2D eigenvalue weighted by molar-refractivity contribution is 14.0. The Kier molecular flexibility index (Phi) is 10.1. The van der Waals surface area contributed by atoms with E-state index in [-0.39, 0.29) is 42.0 Å². The van der Waals surface area contributed by atoms with Crippen LogP contribution in [0.25, 0.3) is 0 Å². The number of hydrogen-bond acceptors (Lipinski definition) is 4. The summed E-state index contributed by atoms with van der Waals surface area (Å²) in [5.41, 5.74) is 5.47. The summed E-state index contributed by atoms with van der Waals surface area (Å²) >= 11 is 0. The average molecular weight is 469 g/mol. The molecule has 0 bridgehead atoms. The van der Waals surface area contributed by atoms with Gasteiger partial charge in [0.25, 0.3) is 0 Å². The highest BCUT2D eigenvalue weighted by Crippen LogP contribution is 2.11. The predicted molar refractivity (Wildman–Crippen MR) is 109 cm³/mol. The van der Waals surface area contributed by atoms with Crippen molar-refractivity contribution < 1.29 is 14.3 Å². The largest absolute Gasteiger partial charge is 0.444 e. The van der Waals surface area contributed by atoms with E-state index in [2.05, 4.69) is 10.3 Å². The van der Waals surface area contributed by atoms with Gasteiger partial charge in [-0.3, -0.25) is 9.79 Å². The molecule has 1 aliphatic heterocycles. The Hall–Kier alpha value is -1.26. The maximum atomic E-state index is 12.0. The van der Waals surface area contributed by atoms with Gasteiger partial charge in [-0.05, 0) is 34.6 Å². The molecule has 1 saturated heterocycles. The Morgan fingerprint density at radius 2 is 1.68 bits per heavy atom. The van der Waals surface area contributed by atoms with Crippen LogP contribution >= 0.6 is 24.0 Å². The Morgan fingerprint density at radius 3 is 2.16 bits per heavy atom. The van der Waals surface area contributed by atoms with Gasteiger partial charge in [0.2, 0.25) is 5.91 Å². The lowest BCUT2D eigenvalue weighted by Crippen LogP contribution is -2.53. The van der Waals surface area contributed by atoms with Crippen LogP contribution in [0, 0.1) is 0 Å². The van der Waals surface area contributed by atoms with E-state index < -0.39 is 5.60 Å². The second-order valence-electron chi connectivity index (χ2n) is 7.17. The van der Waals surface area contributed by atoms with Crippen LogP contribution in [0.3, 0.4) is 0 Å². The maximum Gasteiger partial charge on any atom is 0.410 e. The molecule has 1 aliphatic rings. The first kappa shape index (κ1) is 23.7. The molecule has 1 heterocycles. The number of hydrogen-bond donors (Lipinski definition) is 2. The van der Waals surface area contributed by atoms with Crippen LogP contribution in [0.4, 0.5) is 4.79 Å². The number of carbonyl (C=O) groups excluding carboxylic acids is 2.